The third kappa shape index (κ3) is 15.9. The number of amides is 1. The molecule has 2 aliphatic rings. The van der Waals surface area contributed by atoms with Crippen molar-refractivity contribution in [3.63, 3.8) is 0 Å². The van der Waals surface area contributed by atoms with Gasteiger partial charge in [-0.05, 0) is 130 Å². The van der Waals surface area contributed by atoms with Crippen LogP contribution in [0.5, 0.6) is 23.0 Å². The first-order valence-electron chi connectivity index (χ1n) is 21.6. The van der Waals surface area contributed by atoms with Crippen molar-refractivity contribution in [2.45, 2.75) is 53.1 Å². The number of fused-ring (bicyclic) bond motifs is 2. The number of carbonyl (C=O) groups excluding carboxylic acids is 3. The van der Waals surface area contributed by atoms with Crippen molar-refractivity contribution in [1.29, 1.82) is 0 Å². The lowest BCUT2D eigenvalue weighted by atomic mass is 10.0. The molecule has 4 N–H and O–H groups in total. The molecule has 3 heterocycles. The van der Waals surface area contributed by atoms with Crippen LogP contribution in [-0.2, 0) is 17.6 Å². The molecule has 17 heteroatoms. The number of hydrogen-bond donors (Lipinski definition) is 3. The van der Waals surface area contributed by atoms with Crippen LogP contribution in [0.15, 0.2) is 89.9 Å². The van der Waals surface area contributed by atoms with Gasteiger partial charge in [0.15, 0.2) is 10.9 Å². The van der Waals surface area contributed by atoms with Crippen molar-refractivity contribution in [3.8, 4) is 23.0 Å². The van der Waals surface area contributed by atoms with Crippen LogP contribution >= 0.6 is 39.5 Å². The molecule has 0 atom stereocenters. The molecule has 0 saturated carbocycles. The van der Waals surface area contributed by atoms with Gasteiger partial charge in [0.1, 0.15) is 52.5 Å². The first kappa shape index (κ1) is 51.1. The molecule has 66 heavy (non-hydrogen) atoms. The summed E-state index contributed by atoms with van der Waals surface area (Å²) in [6.07, 6.45) is 2.97. The SMILES string of the molecule is CCN(CCOc1ccc(N=CC=S)cc1)C(=O)OC(C)(C)C.CCNCCOc1ccc(Nc2nc(N)c(C(=O)c3ccc4c(c3)CCO4)s2)cc1.O=C(CBr)c1ccc2c(c1)CCO2. The van der Waals surface area contributed by atoms with Gasteiger partial charge in [0.25, 0.3) is 0 Å². The molecular formula is C49H57BrN6O8S2. The summed E-state index contributed by atoms with van der Waals surface area (Å²) < 4.78 is 27.5. The number of aromatic nitrogens is 1. The Kier molecular flexibility index (Phi) is 19.9. The van der Waals surface area contributed by atoms with E-state index < -0.39 is 5.60 Å². The number of rotatable bonds is 18. The molecule has 5 aromatic rings. The number of anilines is 3. The number of nitrogens with zero attached hydrogens (tertiary/aromatic N) is 3. The van der Waals surface area contributed by atoms with Crippen LogP contribution < -0.4 is 35.3 Å². The van der Waals surface area contributed by atoms with E-state index in [-0.39, 0.29) is 23.5 Å². The molecule has 0 saturated heterocycles. The van der Waals surface area contributed by atoms with E-state index in [1.54, 1.807) is 17.2 Å². The molecule has 0 unspecified atom stereocenters. The molecule has 0 fully saturated rings. The number of nitrogen functional groups attached to an aromatic ring is 1. The van der Waals surface area contributed by atoms with Gasteiger partial charge < -0.3 is 45.0 Å². The minimum Gasteiger partial charge on any atom is -0.493 e. The minimum atomic E-state index is -0.496. The number of benzene rings is 4. The second kappa shape index (κ2) is 25.7. The van der Waals surface area contributed by atoms with Crippen molar-refractivity contribution in [1.82, 2.24) is 15.2 Å². The third-order valence-electron chi connectivity index (χ3n) is 9.63. The number of likely N-dealkylation sites (N-methyl/N-ethyl adjacent to an activating group) is 2. The average molecular weight is 1000 g/mol. The fourth-order valence-corrected chi connectivity index (χ4v) is 7.60. The minimum absolute atomic E-state index is 0.120. The summed E-state index contributed by atoms with van der Waals surface area (Å²) >= 11 is 9.08. The zero-order chi connectivity index (χ0) is 47.5. The van der Waals surface area contributed by atoms with Crippen LogP contribution in [0.3, 0.4) is 0 Å². The molecule has 1 amide bonds. The number of alkyl halides is 1. The topological polar surface area (TPSA) is 176 Å². The number of ether oxygens (including phenoxy) is 5. The molecule has 1 aromatic heterocycles. The largest absolute Gasteiger partial charge is 0.493 e. The number of ketones is 2. The van der Waals surface area contributed by atoms with Crippen LogP contribution in [0.1, 0.15) is 71.3 Å². The van der Waals surface area contributed by atoms with E-state index in [0.717, 1.165) is 83.6 Å². The first-order chi connectivity index (χ1) is 31.8. The smallest absolute Gasteiger partial charge is 0.410 e. The Morgan fingerprint density at radius 3 is 2.09 bits per heavy atom. The molecular weight excluding hydrogens is 945 g/mol. The molecule has 0 aliphatic carbocycles. The lowest BCUT2D eigenvalue weighted by Crippen LogP contribution is -2.38. The fourth-order valence-electron chi connectivity index (χ4n) is 6.34. The first-order valence-corrected chi connectivity index (χ1v) is 24.0. The summed E-state index contributed by atoms with van der Waals surface area (Å²) in [4.78, 5) is 46.7. The summed E-state index contributed by atoms with van der Waals surface area (Å²) in [5, 5.41) is 8.83. The van der Waals surface area contributed by atoms with Gasteiger partial charge in [-0.1, -0.05) is 46.4 Å². The Hall–Kier alpha value is -5.88. The van der Waals surface area contributed by atoms with Gasteiger partial charge in [-0.2, -0.15) is 0 Å². The lowest BCUT2D eigenvalue weighted by molar-refractivity contribution is 0.0237. The van der Waals surface area contributed by atoms with Crippen molar-refractivity contribution in [2.24, 2.45) is 4.99 Å². The molecule has 0 bridgehead atoms. The second-order valence-corrected chi connectivity index (χ2v) is 17.5. The monoisotopic (exact) mass is 1000 g/mol. The van der Waals surface area contributed by atoms with E-state index >= 15 is 0 Å². The summed E-state index contributed by atoms with van der Waals surface area (Å²) in [6.45, 7) is 14.7. The predicted octanol–water partition coefficient (Wildman–Crippen LogP) is 9.85. The van der Waals surface area contributed by atoms with E-state index in [2.05, 4.69) is 55.7 Å². The van der Waals surface area contributed by atoms with Gasteiger partial charge >= 0.3 is 6.09 Å². The molecule has 4 aromatic carbocycles. The Bertz CT molecular complexity index is 2420. The number of halogens is 1. The van der Waals surface area contributed by atoms with Gasteiger partial charge in [0, 0.05) is 54.3 Å². The van der Waals surface area contributed by atoms with Crippen molar-refractivity contribution >= 4 is 91.1 Å². The Morgan fingerprint density at radius 1 is 0.894 bits per heavy atom. The third-order valence-corrected chi connectivity index (χ3v) is 11.2. The van der Waals surface area contributed by atoms with Crippen molar-refractivity contribution < 1.29 is 38.1 Å². The number of thiazole rings is 1. The number of thiocarbonyl (C=S) groups is 1. The fraction of sp³-hybridized carbons (Fsp3) is 0.347. The zero-order valence-electron chi connectivity index (χ0n) is 37.9. The predicted molar refractivity (Wildman–Crippen MR) is 270 cm³/mol. The van der Waals surface area contributed by atoms with Crippen LogP contribution in [0.2, 0.25) is 0 Å². The zero-order valence-corrected chi connectivity index (χ0v) is 41.1. The van der Waals surface area contributed by atoms with E-state index in [0.29, 0.717) is 53.8 Å². The quantitative estimate of drug-likeness (QED) is 0.0249. The Balaban J connectivity index is 0.000000200. The van der Waals surface area contributed by atoms with Gasteiger partial charge in [0.05, 0.1) is 30.8 Å². The molecule has 0 spiro atoms. The van der Waals surface area contributed by atoms with Crippen molar-refractivity contribution in [3.05, 3.63) is 112 Å². The maximum atomic E-state index is 12.9. The van der Waals surface area contributed by atoms with E-state index in [4.69, 9.17) is 29.4 Å². The molecule has 7 rings (SSSR count). The Morgan fingerprint density at radius 2 is 1.50 bits per heavy atom. The highest BCUT2D eigenvalue weighted by Gasteiger charge is 2.22. The van der Waals surface area contributed by atoms with Gasteiger partial charge in [0.2, 0.25) is 5.78 Å². The van der Waals surface area contributed by atoms with Gasteiger partial charge in [-0.3, -0.25) is 14.6 Å². The van der Waals surface area contributed by atoms with Crippen molar-refractivity contribution in [2.75, 3.05) is 69.0 Å². The molecule has 0 radical (unpaired) electrons. The van der Waals surface area contributed by atoms with Crippen LogP contribution in [0.25, 0.3) is 0 Å². The highest BCUT2D eigenvalue weighted by Crippen LogP contribution is 2.33. The van der Waals surface area contributed by atoms with E-state index in [1.807, 2.05) is 107 Å². The summed E-state index contributed by atoms with van der Waals surface area (Å²) in [7, 11) is 0. The number of Topliss-reactive ketones (excluding diaryl/α,β-unsaturated/α-hetero) is 1. The second-order valence-electron chi connectivity index (χ2n) is 15.6. The van der Waals surface area contributed by atoms with Crippen LogP contribution in [-0.4, -0.2) is 103 Å². The normalized spacial score (nSPS) is 12.2. The number of hydrogen-bond acceptors (Lipinski definition) is 15. The summed E-state index contributed by atoms with van der Waals surface area (Å²) in [5.74, 6) is 3.52. The van der Waals surface area contributed by atoms with Crippen LogP contribution in [0.4, 0.5) is 27.1 Å². The number of nitrogens with one attached hydrogen (secondary N) is 2. The van der Waals surface area contributed by atoms with Crippen LogP contribution in [0, 0.1) is 0 Å². The van der Waals surface area contributed by atoms with Gasteiger partial charge in [-0.15, -0.1) is 0 Å². The van der Waals surface area contributed by atoms with E-state index in [9.17, 15) is 14.4 Å². The number of nitrogens with two attached hydrogens (primary N) is 1. The maximum absolute atomic E-state index is 12.9. The highest BCUT2D eigenvalue weighted by atomic mass is 79.9. The van der Waals surface area contributed by atoms with Gasteiger partial charge in [-0.25, -0.2) is 9.78 Å². The number of aliphatic imine (C=N–C) groups is 1. The molecule has 350 valence electrons. The molecule has 14 nitrogen and oxygen atoms in total. The van der Waals surface area contributed by atoms with E-state index in [1.165, 1.54) is 16.7 Å². The standard InChI is InChI=1S/C22H24N4O3S.C17H24N2O3S.C10H9BrO2/c1-2-24-10-12-28-17-6-4-16(5-7-17)25-22-26-21(23)20(30-22)19(27)15-3-8-18-14(13-15)9-11-29-18;1-5-19(16(20)22-17(2,3)4)11-12-21-15-8-6-14(7-9-15)18-10-13-23;11-6-9(12)7-1-2-10-8(5-7)3-4-13-10/h3-8,13,24H,2,9-12,23H2,1H3,(H,25,26);6-10,13H,5,11-12H2,1-4H3;1-2,5H,3-4,6H2. The number of carbonyl (C=O) groups is 3. The highest BCUT2D eigenvalue weighted by molar-refractivity contribution is 9.09. The summed E-state index contributed by atoms with van der Waals surface area (Å²) in [5.41, 5.74) is 10.8. The summed E-state index contributed by atoms with van der Waals surface area (Å²) in [6, 6.07) is 26.1. The Labute approximate surface area is 404 Å². The average Bonchev–Trinajstić information content (AvgIpc) is 4.08. The lowest BCUT2D eigenvalue weighted by Gasteiger charge is -2.26. The molecule has 2 aliphatic heterocycles. The maximum Gasteiger partial charge on any atom is 0.410 e.